The van der Waals surface area contributed by atoms with Crippen LogP contribution < -0.4 is 4.74 Å². The molecular formula is C5H6N2O5. The van der Waals surface area contributed by atoms with Crippen molar-refractivity contribution in [2.45, 2.75) is 0 Å². The molecule has 0 fully saturated rings. The van der Waals surface area contributed by atoms with Crippen molar-refractivity contribution < 1.29 is 24.0 Å². The van der Waals surface area contributed by atoms with Crippen LogP contribution >= 0.6 is 0 Å². The lowest BCUT2D eigenvalue weighted by Crippen LogP contribution is -2.05. The minimum absolute atomic E-state index is 0.190. The Kier molecular flexibility index (Phi) is 2.59. The Hall–Kier alpha value is -1.63. The minimum Gasteiger partial charge on any atom is -0.464 e. The monoisotopic (exact) mass is 174 g/mol. The molecule has 0 spiro atoms. The predicted molar refractivity (Wildman–Crippen MR) is 33.4 cm³/mol. The van der Waals surface area contributed by atoms with E-state index in [-0.39, 0.29) is 11.6 Å². The smallest absolute Gasteiger partial charge is 0.366 e. The predicted octanol–water partition coefficient (Wildman–Crippen LogP) is -0.815. The molecule has 0 aliphatic heterocycles. The molecule has 1 heterocycles. The van der Waals surface area contributed by atoms with Gasteiger partial charge in [-0.1, -0.05) is 0 Å². The molecule has 0 atom stereocenters. The van der Waals surface area contributed by atoms with E-state index in [1.165, 1.54) is 7.11 Å². The van der Waals surface area contributed by atoms with Gasteiger partial charge in [0.2, 0.25) is 0 Å². The molecule has 1 N–H and O–H groups in total. The molecule has 0 radical (unpaired) electrons. The maximum atomic E-state index is 10.8. The van der Waals surface area contributed by atoms with Crippen molar-refractivity contribution in [2.24, 2.45) is 0 Å². The van der Waals surface area contributed by atoms with Crippen molar-refractivity contribution in [3.8, 4) is 5.88 Å². The summed E-state index contributed by atoms with van der Waals surface area (Å²) in [6, 6.07) is 0. The van der Waals surface area contributed by atoms with Crippen LogP contribution in [0.5, 0.6) is 5.88 Å². The molecule has 7 heteroatoms. The molecule has 0 unspecified atom stereocenters. The van der Waals surface area contributed by atoms with Gasteiger partial charge in [-0.05, 0) is 10.3 Å². The Morgan fingerprint density at radius 1 is 1.67 bits per heavy atom. The first kappa shape index (κ1) is 8.47. The molecule has 0 aliphatic carbocycles. The molecular weight excluding hydrogens is 168 g/mol. The number of aliphatic hydroxyl groups is 1. The van der Waals surface area contributed by atoms with Gasteiger partial charge < -0.3 is 14.6 Å². The minimum atomic E-state index is -0.736. The zero-order chi connectivity index (χ0) is 8.97. The molecule has 12 heavy (non-hydrogen) atoms. The van der Waals surface area contributed by atoms with Crippen molar-refractivity contribution in [1.82, 2.24) is 10.3 Å². The normalized spacial score (nSPS) is 9.50. The van der Waals surface area contributed by atoms with Gasteiger partial charge in [-0.3, -0.25) is 0 Å². The van der Waals surface area contributed by atoms with Gasteiger partial charge >= 0.3 is 5.97 Å². The maximum Gasteiger partial charge on any atom is 0.366 e. The summed E-state index contributed by atoms with van der Waals surface area (Å²) in [5, 5.41) is 14.7. The van der Waals surface area contributed by atoms with Crippen LogP contribution in [0.25, 0.3) is 0 Å². The molecule has 1 rings (SSSR count). The lowest BCUT2D eigenvalue weighted by molar-refractivity contribution is 0.0572. The van der Waals surface area contributed by atoms with E-state index in [1.807, 2.05) is 0 Å². The van der Waals surface area contributed by atoms with Crippen molar-refractivity contribution in [3.05, 3.63) is 5.69 Å². The van der Waals surface area contributed by atoms with Crippen LogP contribution in [0.2, 0.25) is 0 Å². The van der Waals surface area contributed by atoms with Crippen molar-refractivity contribution in [3.63, 3.8) is 0 Å². The van der Waals surface area contributed by atoms with Gasteiger partial charge in [0.25, 0.3) is 11.6 Å². The average molecular weight is 174 g/mol. The molecule has 0 saturated carbocycles. The van der Waals surface area contributed by atoms with E-state index < -0.39 is 12.8 Å². The number of nitrogens with zero attached hydrogens (tertiary/aromatic N) is 2. The fourth-order valence-corrected chi connectivity index (χ4v) is 0.558. The third kappa shape index (κ3) is 1.51. The quantitative estimate of drug-likeness (QED) is 0.472. The first-order chi connectivity index (χ1) is 5.79. The number of aromatic nitrogens is 2. The largest absolute Gasteiger partial charge is 0.464 e. The number of methoxy groups -OCH3 is 1. The Morgan fingerprint density at radius 2 is 2.42 bits per heavy atom. The SMILES string of the molecule is COC(=O)c1nonc1OCO. The van der Waals surface area contributed by atoms with Crippen molar-refractivity contribution in [1.29, 1.82) is 0 Å². The Labute approximate surface area is 66.8 Å². The second-order valence-corrected chi connectivity index (χ2v) is 1.68. The van der Waals surface area contributed by atoms with E-state index in [4.69, 9.17) is 5.11 Å². The average Bonchev–Trinajstić information content (AvgIpc) is 2.52. The zero-order valence-corrected chi connectivity index (χ0v) is 6.18. The topological polar surface area (TPSA) is 94.7 Å². The van der Waals surface area contributed by atoms with Gasteiger partial charge in [0.05, 0.1) is 7.11 Å². The van der Waals surface area contributed by atoms with Crippen LogP contribution in [0.1, 0.15) is 10.5 Å². The summed E-state index contributed by atoms with van der Waals surface area (Å²) in [4.78, 5) is 10.8. The third-order valence-corrected chi connectivity index (χ3v) is 1.04. The molecule has 1 aromatic rings. The number of hydrogen-bond donors (Lipinski definition) is 1. The number of carbonyl (C=O) groups excluding carboxylic acids is 1. The molecule has 0 amide bonds. The Balaban J connectivity index is 2.83. The number of ether oxygens (including phenoxy) is 2. The second kappa shape index (κ2) is 3.67. The zero-order valence-electron chi connectivity index (χ0n) is 6.18. The van der Waals surface area contributed by atoms with E-state index >= 15 is 0 Å². The number of aliphatic hydroxyl groups excluding tert-OH is 1. The fourth-order valence-electron chi connectivity index (χ4n) is 0.558. The molecule has 66 valence electrons. The van der Waals surface area contributed by atoms with Crippen molar-refractivity contribution in [2.75, 3.05) is 13.9 Å². The van der Waals surface area contributed by atoms with Gasteiger partial charge in [-0.2, -0.15) is 0 Å². The first-order valence-electron chi connectivity index (χ1n) is 2.94. The Morgan fingerprint density at radius 3 is 3.00 bits per heavy atom. The standard InChI is InChI=1S/C5H6N2O5/c1-10-5(9)3-4(11-2-8)7-12-6-3/h8H,2H2,1H3. The van der Waals surface area contributed by atoms with E-state index in [2.05, 4.69) is 24.4 Å². The number of carbonyl (C=O) groups is 1. The number of esters is 1. The van der Waals surface area contributed by atoms with E-state index in [0.29, 0.717) is 0 Å². The molecule has 0 bridgehead atoms. The van der Waals surface area contributed by atoms with Gasteiger partial charge in [-0.25, -0.2) is 9.42 Å². The van der Waals surface area contributed by atoms with E-state index in [1.54, 1.807) is 0 Å². The summed E-state index contributed by atoms with van der Waals surface area (Å²) >= 11 is 0. The van der Waals surface area contributed by atoms with Crippen LogP contribution in [0.15, 0.2) is 4.63 Å². The highest BCUT2D eigenvalue weighted by molar-refractivity contribution is 5.89. The highest BCUT2D eigenvalue weighted by atomic mass is 16.6. The molecule has 0 saturated heterocycles. The lowest BCUT2D eigenvalue weighted by Gasteiger charge is -1.96. The molecule has 0 aromatic carbocycles. The molecule has 0 aliphatic rings. The summed E-state index contributed by atoms with van der Waals surface area (Å²) in [5.74, 6) is -0.927. The van der Waals surface area contributed by atoms with Crippen LogP contribution in [0.4, 0.5) is 0 Å². The Bertz CT molecular complexity index is 271. The first-order valence-corrected chi connectivity index (χ1v) is 2.94. The van der Waals surface area contributed by atoms with Crippen LogP contribution in [-0.4, -0.2) is 35.3 Å². The van der Waals surface area contributed by atoms with Gasteiger partial charge in [0, 0.05) is 0 Å². The fraction of sp³-hybridized carbons (Fsp3) is 0.400. The summed E-state index contributed by atoms with van der Waals surface area (Å²) < 4.78 is 13.0. The van der Waals surface area contributed by atoms with Gasteiger partial charge in [-0.15, -0.1) is 0 Å². The summed E-state index contributed by atoms with van der Waals surface area (Å²) in [5.41, 5.74) is -0.202. The van der Waals surface area contributed by atoms with Crippen LogP contribution in [0.3, 0.4) is 0 Å². The lowest BCUT2D eigenvalue weighted by atomic mass is 10.5. The third-order valence-electron chi connectivity index (χ3n) is 1.04. The summed E-state index contributed by atoms with van der Waals surface area (Å²) in [7, 11) is 1.18. The van der Waals surface area contributed by atoms with Gasteiger partial charge in [0.1, 0.15) is 0 Å². The highest BCUT2D eigenvalue weighted by Gasteiger charge is 2.19. The van der Waals surface area contributed by atoms with Crippen molar-refractivity contribution >= 4 is 5.97 Å². The van der Waals surface area contributed by atoms with E-state index in [9.17, 15) is 4.79 Å². The van der Waals surface area contributed by atoms with Crippen LogP contribution in [0, 0.1) is 0 Å². The second-order valence-electron chi connectivity index (χ2n) is 1.68. The number of hydrogen-bond acceptors (Lipinski definition) is 7. The van der Waals surface area contributed by atoms with Crippen LogP contribution in [-0.2, 0) is 4.74 Å². The molecule has 7 nitrogen and oxygen atoms in total. The van der Waals surface area contributed by atoms with Gasteiger partial charge in [0.15, 0.2) is 6.79 Å². The summed E-state index contributed by atoms with van der Waals surface area (Å²) in [6.07, 6.45) is 0. The highest BCUT2D eigenvalue weighted by Crippen LogP contribution is 2.12. The molecule has 1 aromatic heterocycles. The summed E-state index contributed by atoms with van der Waals surface area (Å²) in [6.45, 7) is -0.613. The maximum absolute atomic E-state index is 10.8. The van der Waals surface area contributed by atoms with E-state index in [0.717, 1.165) is 0 Å². The number of rotatable bonds is 3.